The second-order valence-electron chi connectivity index (χ2n) is 9.77. The molecule has 0 amide bonds. The SMILES string of the molecule is CCCCCCCCCC.O=C(O)O.O=C(O)O.O=C1OC2(c3ccc(O)cc3Oc3cc(O)ccc32)c2ccccc21. The number of unbranched alkanes of at least 4 members (excludes halogenated alkanes) is 7. The number of benzene rings is 3. The molecule has 0 fully saturated rings. The number of fused-ring (bicyclic) bond motifs is 6. The number of carboxylic acid groups (broad SMARTS) is 4. The first kappa shape index (κ1) is 34.3. The average Bonchev–Trinajstić information content (AvgIpc) is 3.23. The zero-order chi connectivity index (χ0) is 32.0. The smallest absolute Gasteiger partial charge is 0.503 e. The van der Waals surface area contributed by atoms with E-state index in [2.05, 4.69) is 13.8 Å². The molecule has 43 heavy (non-hydrogen) atoms. The molecule has 11 heteroatoms. The maximum atomic E-state index is 12.5. The van der Waals surface area contributed by atoms with Gasteiger partial charge in [-0.15, -0.1) is 0 Å². The average molecular weight is 599 g/mol. The third-order valence-corrected chi connectivity index (χ3v) is 6.64. The van der Waals surface area contributed by atoms with Gasteiger partial charge in [0, 0.05) is 28.8 Å². The maximum absolute atomic E-state index is 12.5. The van der Waals surface area contributed by atoms with Gasteiger partial charge in [-0.25, -0.2) is 14.4 Å². The van der Waals surface area contributed by atoms with Gasteiger partial charge in [0.1, 0.15) is 23.0 Å². The molecule has 0 saturated heterocycles. The van der Waals surface area contributed by atoms with Crippen LogP contribution in [0.15, 0.2) is 60.7 Å². The lowest BCUT2D eigenvalue weighted by molar-refractivity contribution is 0.0224. The molecule has 2 aliphatic rings. The Hall–Kier alpha value is -4.93. The molecule has 1 spiro atoms. The number of hydrogen-bond donors (Lipinski definition) is 6. The molecule has 6 N–H and O–H groups in total. The van der Waals surface area contributed by atoms with Gasteiger partial charge < -0.3 is 40.1 Å². The fraction of sp³-hybridized carbons (Fsp3) is 0.344. The Kier molecular flexibility index (Phi) is 13.1. The van der Waals surface area contributed by atoms with Crippen LogP contribution in [0.5, 0.6) is 23.0 Å². The third-order valence-electron chi connectivity index (χ3n) is 6.64. The summed E-state index contributed by atoms with van der Waals surface area (Å²) in [6.45, 7) is 4.54. The first-order valence-corrected chi connectivity index (χ1v) is 14.0. The van der Waals surface area contributed by atoms with Gasteiger partial charge >= 0.3 is 18.3 Å². The van der Waals surface area contributed by atoms with Crippen LogP contribution in [0, 0.1) is 0 Å². The second-order valence-corrected chi connectivity index (χ2v) is 9.77. The Morgan fingerprint density at radius 3 is 1.51 bits per heavy atom. The molecular weight excluding hydrogens is 560 g/mol. The lowest BCUT2D eigenvalue weighted by Gasteiger charge is -2.36. The zero-order valence-electron chi connectivity index (χ0n) is 24.2. The summed E-state index contributed by atoms with van der Waals surface area (Å²) in [5.74, 6) is 0.408. The van der Waals surface area contributed by atoms with E-state index < -0.39 is 23.9 Å². The van der Waals surface area contributed by atoms with Gasteiger partial charge in [-0.2, -0.15) is 0 Å². The van der Waals surface area contributed by atoms with Gasteiger partial charge in [0.15, 0.2) is 5.60 Å². The molecule has 3 aromatic rings. The molecule has 2 heterocycles. The standard InChI is InChI=1S/C20H12O5.C10H22.2CH2O3/c21-11-5-7-15-17(9-11)24-18-10-12(22)6-8-16(18)20(15)14-4-2-1-3-13(14)19(23)25-20;1-3-5-7-9-10-8-6-4-2;2*2-1(3)4/h1-10,21-22H;3-10H2,1-2H3;2*(H2,2,3,4). The van der Waals surface area contributed by atoms with Crippen molar-refractivity contribution in [3.05, 3.63) is 82.9 Å². The second kappa shape index (κ2) is 16.5. The summed E-state index contributed by atoms with van der Waals surface area (Å²) in [4.78, 5) is 29.6. The van der Waals surface area contributed by atoms with Crippen molar-refractivity contribution in [3.63, 3.8) is 0 Å². The Balaban J connectivity index is 0.000000299. The van der Waals surface area contributed by atoms with Crippen LogP contribution in [0.4, 0.5) is 9.59 Å². The largest absolute Gasteiger partial charge is 0.508 e. The Morgan fingerprint density at radius 2 is 1.07 bits per heavy atom. The zero-order valence-corrected chi connectivity index (χ0v) is 24.2. The molecule has 11 nitrogen and oxygen atoms in total. The van der Waals surface area contributed by atoms with Crippen LogP contribution in [0.25, 0.3) is 0 Å². The van der Waals surface area contributed by atoms with E-state index in [0.29, 0.717) is 33.8 Å². The summed E-state index contributed by atoms with van der Waals surface area (Å²) < 4.78 is 11.8. The molecule has 0 unspecified atom stereocenters. The first-order valence-electron chi connectivity index (χ1n) is 14.0. The molecule has 0 aromatic heterocycles. The van der Waals surface area contributed by atoms with Crippen molar-refractivity contribution >= 4 is 18.3 Å². The maximum Gasteiger partial charge on any atom is 0.503 e. The van der Waals surface area contributed by atoms with E-state index in [-0.39, 0.29) is 11.5 Å². The van der Waals surface area contributed by atoms with E-state index in [0.717, 1.165) is 0 Å². The summed E-state index contributed by atoms with van der Waals surface area (Å²) in [6, 6.07) is 16.6. The molecule has 0 bridgehead atoms. The number of ether oxygens (including phenoxy) is 2. The molecule has 0 atom stereocenters. The summed E-state index contributed by atoms with van der Waals surface area (Å²) >= 11 is 0. The molecule has 3 aromatic carbocycles. The molecule has 232 valence electrons. The highest BCUT2D eigenvalue weighted by Gasteiger charge is 2.53. The Bertz CT molecular complexity index is 1300. The minimum absolute atomic E-state index is 0.0371. The van der Waals surface area contributed by atoms with E-state index in [1.165, 1.54) is 75.6 Å². The number of rotatable bonds is 7. The van der Waals surface area contributed by atoms with Crippen molar-refractivity contribution in [2.45, 2.75) is 70.8 Å². The van der Waals surface area contributed by atoms with Crippen LogP contribution in [0.2, 0.25) is 0 Å². The Morgan fingerprint density at radius 1 is 0.651 bits per heavy atom. The molecular formula is C32H38O11. The predicted octanol–water partition coefficient (Wildman–Crippen LogP) is 8.26. The number of phenolic OH excluding ortho intramolecular Hbond substituents is 2. The number of aromatic hydroxyl groups is 2. The molecule has 2 aliphatic heterocycles. The van der Waals surface area contributed by atoms with Crippen molar-refractivity contribution in [1.82, 2.24) is 0 Å². The van der Waals surface area contributed by atoms with E-state index in [1.54, 1.807) is 24.3 Å². The Labute approximate surface area is 249 Å². The number of phenols is 2. The van der Waals surface area contributed by atoms with Crippen LogP contribution in [0.1, 0.15) is 92.3 Å². The fourth-order valence-corrected chi connectivity index (χ4v) is 4.86. The highest BCUT2D eigenvalue weighted by atomic mass is 16.6. The lowest BCUT2D eigenvalue weighted by Crippen LogP contribution is -2.32. The minimum Gasteiger partial charge on any atom is -0.508 e. The van der Waals surface area contributed by atoms with Crippen LogP contribution in [0.3, 0.4) is 0 Å². The van der Waals surface area contributed by atoms with E-state index in [9.17, 15) is 15.0 Å². The molecule has 0 radical (unpaired) electrons. The lowest BCUT2D eigenvalue weighted by atomic mass is 9.77. The van der Waals surface area contributed by atoms with E-state index in [4.69, 9.17) is 39.5 Å². The van der Waals surface area contributed by atoms with Crippen molar-refractivity contribution in [2.75, 3.05) is 0 Å². The van der Waals surface area contributed by atoms with Crippen molar-refractivity contribution in [3.8, 4) is 23.0 Å². The van der Waals surface area contributed by atoms with Crippen molar-refractivity contribution in [2.24, 2.45) is 0 Å². The molecule has 0 saturated carbocycles. The van der Waals surface area contributed by atoms with Gasteiger partial charge in [0.25, 0.3) is 0 Å². The van der Waals surface area contributed by atoms with Gasteiger partial charge in [-0.1, -0.05) is 83.4 Å². The summed E-state index contributed by atoms with van der Waals surface area (Å²) in [7, 11) is 0. The number of esters is 1. The summed E-state index contributed by atoms with van der Waals surface area (Å²) in [5.41, 5.74) is 1.28. The topological polar surface area (TPSA) is 191 Å². The summed E-state index contributed by atoms with van der Waals surface area (Å²) in [5, 5.41) is 47.6. The number of hydrogen-bond acceptors (Lipinski definition) is 7. The highest BCUT2D eigenvalue weighted by molar-refractivity contribution is 5.97. The van der Waals surface area contributed by atoms with Gasteiger partial charge in [-0.3, -0.25) is 0 Å². The van der Waals surface area contributed by atoms with Crippen LogP contribution < -0.4 is 4.74 Å². The highest BCUT2D eigenvalue weighted by Crippen LogP contribution is 2.56. The van der Waals surface area contributed by atoms with E-state index >= 15 is 0 Å². The van der Waals surface area contributed by atoms with Crippen molar-refractivity contribution < 1.29 is 54.5 Å². The minimum atomic E-state index is -1.83. The quantitative estimate of drug-likeness (QED) is 0.113. The van der Waals surface area contributed by atoms with E-state index in [1.807, 2.05) is 12.1 Å². The van der Waals surface area contributed by atoms with Crippen LogP contribution in [-0.2, 0) is 10.3 Å². The van der Waals surface area contributed by atoms with Crippen molar-refractivity contribution in [1.29, 1.82) is 0 Å². The van der Waals surface area contributed by atoms with Gasteiger partial charge in [0.05, 0.1) is 5.56 Å². The monoisotopic (exact) mass is 598 g/mol. The first-order chi connectivity index (χ1) is 20.5. The molecule has 0 aliphatic carbocycles. The van der Waals surface area contributed by atoms with Gasteiger partial charge in [-0.05, 0) is 30.3 Å². The number of carbonyl (C=O) groups excluding carboxylic acids is 1. The van der Waals surface area contributed by atoms with Gasteiger partial charge in [0.2, 0.25) is 0 Å². The fourth-order valence-electron chi connectivity index (χ4n) is 4.86. The summed E-state index contributed by atoms with van der Waals surface area (Å²) in [6.07, 6.45) is 7.79. The molecule has 5 rings (SSSR count). The third kappa shape index (κ3) is 9.29. The predicted molar refractivity (Wildman–Crippen MR) is 158 cm³/mol. The van der Waals surface area contributed by atoms with Crippen LogP contribution >= 0.6 is 0 Å². The van der Waals surface area contributed by atoms with Crippen LogP contribution in [-0.4, -0.2) is 48.9 Å². The number of carbonyl (C=O) groups is 3. The normalized spacial score (nSPS) is 12.7.